The number of fused-ring (bicyclic) bond motifs is 1. The Balaban J connectivity index is 1.71. The molecule has 1 saturated heterocycles. The Morgan fingerprint density at radius 2 is 1.68 bits per heavy atom. The predicted octanol–water partition coefficient (Wildman–Crippen LogP) is 1.16. The first kappa shape index (κ1) is 20.1. The van der Waals surface area contributed by atoms with Gasteiger partial charge in [-0.05, 0) is 19.9 Å². The third-order valence-corrected chi connectivity index (χ3v) is 5.52. The van der Waals surface area contributed by atoms with Gasteiger partial charge in [-0.15, -0.1) is 0 Å². The molecule has 0 N–H and O–H groups in total. The number of carbonyl (C=O) groups excluding carboxylic acids is 2. The van der Waals surface area contributed by atoms with E-state index in [0.29, 0.717) is 51.4 Å². The summed E-state index contributed by atoms with van der Waals surface area (Å²) in [5.74, 6) is 0.00551. The molecule has 7 heteroatoms. The molecule has 150 valence electrons. The number of nitrogens with zero attached hydrogens (tertiary/aromatic N) is 4. The average molecular weight is 384 g/mol. The van der Waals surface area contributed by atoms with Crippen LogP contribution in [0.15, 0.2) is 35.1 Å². The molecular formula is C21H28N4O3. The highest BCUT2D eigenvalue weighted by molar-refractivity contribution is 6.06. The zero-order valence-corrected chi connectivity index (χ0v) is 16.9. The lowest BCUT2D eigenvalue weighted by Gasteiger charge is -2.35. The van der Waals surface area contributed by atoms with Crippen molar-refractivity contribution in [3.63, 3.8) is 0 Å². The molecular weight excluding hydrogens is 356 g/mol. The number of hydrogen-bond donors (Lipinski definition) is 0. The molecule has 0 spiro atoms. The van der Waals surface area contributed by atoms with Crippen LogP contribution in [0, 0.1) is 0 Å². The van der Waals surface area contributed by atoms with Gasteiger partial charge in [-0.25, -0.2) is 0 Å². The number of rotatable bonds is 5. The van der Waals surface area contributed by atoms with Gasteiger partial charge in [-0.1, -0.05) is 18.2 Å². The van der Waals surface area contributed by atoms with Gasteiger partial charge >= 0.3 is 0 Å². The maximum atomic E-state index is 13.1. The summed E-state index contributed by atoms with van der Waals surface area (Å²) in [6.07, 6.45) is 0. The first-order valence-electron chi connectivity index (χ1n) is 9.84. The van der Waals surface area contributed by atoms with Crippen molar-refractivity contribution >= 4 is 22.7 Å². The van der Waals surface area contributed by atoms with Crippen molar-refractivity contribution in [1.29, 1.82) is 0 Å². The largest absolute Gasteiger partial charge is 0.342 e. The molecule has 7 nitrogen and oxygen atoms in total. The van der Waals surface area contributed by atoms with E-state index in [9.17, 15) is 14.4 Å². The number of piperazine rings is 1. The second-order valence-corrected chi connectivity index (χ2v) is 7.11. The van der Waals surface area contributed by atoms with E-state index in [1.54, 1.807) is 16.5 Å². The Morgan fingerprint density at radius 3 is 2.32 bits per heavy atom. The quantitative estimate of drug-likeness (QED) is 0.776. The molecule has 1 aromatic heterocycles. The number of hydrogen-bond acceptors (Lipinski definition) is 4. The minimum absolute atomic E-state index is 0.122. The predicted molar refractivity (Wildman–Crippen MR) is 109 cm³/mol. The summed E-state index contributed by atoms with van der Waals surface area (Å²) < 4.78 is 1.56. The summed E-state index contributed by atoms with van der Waals surface area (Å²) in [6.45, 7) is 8.18. The van der Waals surface area contributed by atoms with Crippen molar-refractivity contribution in [2.24, 2.45) is 7.05 Å². The summed E-state index contributed by atoms with van der Waals surface area (Å²) in [7, 11) is 1.71. The molecule has 0 saturated carbocycles. The Bertz CT molecular complexity index is 925. The number of para-hydroxylation sites is 1. The second kappa shape index (κ2) is 8.56. The van der Waals surface area contributed by atoms with E-state index >= 15 is 0 Å². The maximum absolute atomic E-state index is 13.1. The van der Waals surface area contributed by atoms with Crippen LogP contribution in [-0.2, 0) is 11.8 Å². The summed E-state index contributed by atoms with van der Waals surface area (Å²) in [4.78, 5) is 43.4. The minimum Gasteiger partial charge on any atom is -0.342 e. The van der Waals surface area contributed by atoms with Gasteiger partial charge < -0.3 is 14.4 Å². The third-order valence-electron chi connectivity index (χ3n) is 5.52. The molecule has 28 heavy (non-hydrogen) atoms. The monoisotopic (exact) mass is 384 g/mol. The van der Waals surface area contributed by atoms with Crippen LogP contribution in [-0.4, -0.2) is 76.9 Å². The van der Waals surface area contributed by atoms with E-state index in [1.807, 2.05) is 43.0 Å². The van der Waals surface area contributed by atoms with Crippen LogP contribution in [0.5, 0.6) is 0 Å². The molecule has 2 aromatic rings. The number of amides is 2. The zero-order chi connectivity index (χ0) is 20.3. The Labute approximate surface area is 165 Å². The summed E-state index contributed by atoms with van der Waals surface area (Å²) in [6, 6.07) is 8.90. The van der Waals surface area contributed by atoms with E-state index in [1.165, 1.54) is 6.07 Å². The summed E-state index contributed by atoms with van der Waals surface area (Å²) >= 11 is 0. The third kappa shape index (κ3) is 3.94. The molecule has 2 amide bonds. The molecule has 0 bridgehead atoms. The highest BCUT2D eigenvalue weighted by Gasteiger charge is 2.25. The smallest absolute Gasteiger partial charge is 0.254 e. The highest BCUT2D eigenvalue weighted by Crippen LogP contribution is 2.18. The fraction of sp³-hybridized carbons (Fsp3) is 0.476. The first-order chi connectivity index (χ1) is 13.5. The molecule has 1 aliphatic heterocycles. The van der Waals surface area contributed by atoms with Gasteiger partial charge in [0.1, 0.15) is 0 Å². The van der Waals surface area contributed by atoms with Gasteiger partial charge in [-0.3, -0.25) is 19.3 Å². The lowest BCUT2D eigenvalue weighted by atomic mass is 10.1. The SMILES string of the molecule is CCN(CC)C(=O)CN1CCN(C(=O)c2cc(=O)n(C)c3ccccc23)CC1. The number of aryl methyl sites for hydroxylation is 1. The van der Waals surface area contributed by atoms with Crippen molar-refractivity contribution in [3.05, 3.63) is 46.2 Å². The Morgan fingerprint density at radius 1 is 1.04 bits per heavy atom. The zero-order valence-electron chi connectivity index (χ0n) is 16.9. The number of pyridine rings is 1. The average Bonchev–Trinajstić information content (AvgIpc) is 2.71. The van der Waals surface area contributed by atoms with Crippen LogP contribution in [0.2, 0.25) is 0 Å². The fourth-order valence-electron chi connectivity index (χ4n) is 3.73. The van der Waals surface area contributed by atoms with Crippen LogP contribution in [0.1, 0.15) is 24.2 Å². The van der Waals surface area contributed by atoms with Gasteiger partial charge in [0.05, 0.1) is 17.6 Å². The normalized spacial score (nSPS) is 15.0. The molecule has 1 aliphatic rings. The fourth-order valence-corrected chi connectivity index (χ4v) is 3.73. The number of likely N-dealkylation sites (N-methyl/N-ethyl adjacent to an activating group) is 1. The van der Waals surface area contributed by atoms with Crippen molar-refractivity contribution in [1.82, 2.24) is 19.3 Å². The van der Waals surface area contributed by atoms with Gasteiger partial charge in [0, 0.05) is 57.8 Å². The van der Waals surface area contributed by atoms with E-state index in [0.717, 1.165) is 10.9 Å². The van der Waals surface area contributed by atoms with Gasteiger partial charge in [0.2, 0.25) is 5.91 Å². The number of benzene rings is 1. The topological polar surface area (TPSA) is 65.9 Å². The van der Waals surface area contributed by atoms with Crippen LogP contribution >= 0.6 is 0 Å². The molecule has 2 heterocycles. The Hall–Kier alpha value is -2.67. The molecule has 0 atom stereocenters. The molecule has 1 aromatic carbocycles. The van der Waals surface area contributed by atoms with Crippen molar-refractivity contribution in [2.45, 2.75) is 13.8 Å². The molecule has 0 unspecified atom stereocenters. The van der Waals surface area contributed by atoms with E-state index in [4.69, 9.17) is 0 Å². The molecule has 0 aliphatic carbocycles. The van der Waals surface area contributed by atoms with Crippen LogP contribution in [0.3, 0.4) is 0 Å². The standard InChI is InChI=1S/C21H28N4O3/c1-4-24(5-2)20(27)15-23-10-12-25(13-11-23)21(28)17-14-19(26)22(3)18-9-7-6-8-16(17)18/h6-9,14H,4-5,10-13,15H2,1-3H3. The van der Waals surface area contributed by atoms with E-state index in [2.05, 4.69) is 4.90 Å². The van der Waals surface area contributed by atoms with Crippen LogP contribution < -0.4 is 5.56 Å². The molecule has 0 radical (unpaired) electrons. The summed E-state index contributed by atoms with van der Waals surface area (Å²) in [5, 5.41) is 0.786. The number of carbonyl (C=O) groups is 2. The van der Waals surface area contributed by atoms with Crippen molar-refractivity contribution in [2.75, 3.05) is 45.8 Å². The Kier molecular flexibility index (Phi) is 6.14. The lowest BCUT2D eigenvalue weighted by Crippen LogP contribution is -2.51. The van der Waals surface area contributed by atoms with Gasteiger partial charge in [0.25, 0.3) is 11.5 Å². The second-order valence-electron chi connectivity index (χ2n) is 7.11. The van der Waals surface area contributed by atoms with Crippen LogP contribution in [0.25, 0.3) is 10.9 Å². The lowest BCUT2D eigenvalue weighted by molar-refractivity contribution is -0.132. The molecule has 3 rings (SSSR count). The van der Waals surface area contributed by atoms with E-state index in [-0.39, 0.29) is 17.4 Å². The van der Waals surface area contributed by atoms with Gasteiger partial charge in [-0.2, -0.15) is 0 Å². The highest BCUT2D eigenvalue weighted by atomic mass is 16.2. The van der Waals surface area contributed by atoms with Crippen molar-refractivity contribution in [3.8, 4) is 0 Å². The minimum atomic E-state index is -0.189. The summed E-state index contributed by atoms with van der Waals surface area (Å²) in [5.41, 5.74) is 1.01. The molecule has 1 fully saturated rings. The van der Waals surface area contributed by atoms with Crippen molar-refractivity contribution < 1.29 is 9.59 Å². The van der Waals surface area contributed by atoms with Crippen LogP contribution in [0.4, 0.5) is 0 Å². The maximum Gasteiger partial charge on any atom is 0.254 e. The van der Waals surface area contributed by atoms with Gasteiger partial charge in [0.15, 0.2) is 0 Å². The first-order valence-corrected chi connectivity index (χ1v) is 9.84. The number of aromatic nitrogens is 1. The van der Waals surface area contributed by atoms with E-state index < -0.39 is 0 Å².